The van der Waals surface area contributed by atoms with Gasteiger partial charge in [0.25, 0.3) is 0 Å². The summed E-state index contributed by atoms with van der Waals surface area (Å²) in [4.78, 5) is 8.90. The molecule has 6 rings (SSSR count). The first-order valence-corrected chi connectivity index (χ1v) is 12.6. The maximum Gasteiger partial charge on any atom is 0.418 e. The minimum atomic E-state index is -4.61. The van der Waals surface area contributed by atoms with Crippen molar-refractivity contribution in [1.29, 1.82) is 0 Å². The highest BCUT2D eigenvalue weighted by molar-refractivity contribution is 6.16. The molecule has 0 bridgehead atoms. The molecule has 4 aromatic heterocycles. The van der Waals surface area contributed by atoms with Gasteiger partial charge in [0.2, 0.25) is 0 Å². The molecule has 1 fully saturated rings. The van der Waals surface area contributed by atoms with Crippen molar-refractivity contribution in [3.05, 3.63) is 84.0 Å². The van der Waals surface area contributed by atoms with E-state index in [-0.39, 0.29) is 23.1 Å². The molecule has 0 aliphatic heterocycles. The minimum absolute atomic E-state index is 0.0286. The average molecular weight is 554 g/mol. The molecule has 0 N–H and O–H groups in total. The summed E-state index contributed by atoms with van der Waals surface area (Å²) in [6.07, 6.45) is 1.67. The zero-order chi connectivity index (χ0) is 27.3. The lowest BCUT2D eigenvalue weighted by molar-refractivity contribution is -0.137. The first-order valence-electron chi connectivity index (χ1n) is 12.1. The number of halogens is 5. The molecule has 0 amide bonds. The molecule has 1 aliphatic rings. The molecule has 1 aromatic carbocycles. The van der Waals surface area contributed by atoms with E-state index in [4.69, 9.17) is 16.6 Å². The maximum absolute atomic E-state index is 14.3. The highest BCUT2D eigenvalue weighted by Crippen LogP contribution is 2.42. The molecule has 5 aromatic rings. The number of aromatic nitrogens is 7. The minimum Gasteiger partial charge on any atom is -0.317 e. The standard InChI is InChI=1S/C27H20ClF4N7/c1-38-14-33-37-26(38)21-10-18(29)4-6-20(21)16-8-23(15-2-3-15)36-24(9-16)39-13-17(12-34-39)25-22(27(30,31)32)7-5-19(11-28)35-25/h4-10,12-15H,2-3,11H2,1H3. The third kappa shape index (κ3) is 4.89. The van der Waals surface area contributed by atoms with Gasteiger partial charge in [-0.05, 0) is 60.4 Å². The van der Waals surface area contributed by atoms with Crippen molar-refractivity contribution in [3.63, 3.8) is 0 Å². The van der Waals surface area contributed by atoms with Crippen molar-refractivity contribution in [1.82, 2.24) is 34.5 Å². The third-order valence-corrected chi connectivity index (χ3v) is 6.83. The van der Waals surface area contributed by atoms with Gasteiger partial charge in [-0.3, -0.25) is 4.98 Å². The fourth-order valence-electron chi connectivity index (χ4n) is 4.47. The zero-order valence-electron chi connectivity index (χ0n) is 20.5. The molecule has 12 heteroatoms. The lowest BCUT2D eigenvalue weighted by atomic mass is 9.98. The molecular weight excluding hydrogens is 534 g/mol. The Hall–Kier alpha value is -4.12. The molecule has 1 saturated carbocycles. The molecule has 0 saturated heterocycles. The van der Waals surface area contributed by atoms with Crippen LogP contribution in [0.5, 0.6) is 0 Å². The van der Waals surface area contributed by atoms with E-state index in [1.807, 2.05) is 6.07 Å². The molecule has 0 atom stereocenters. The quantitative estimate of drug-likeness (QED) is 0.176. The summed E-state index contributed by atoms with van der Waals surface area (Å²) in [5.41, 5.74) is 2.19. The summed E-state index contributed by atoms with van der Waals surface area (Å²) in [7, 11) is 1.77. The summed E-state index contributed by atoms with van der Waals surface area (Å²) >= 11 is 5.84. The highest BCUT2D eigenvalue weighted by Gasteiger charge is 2.35. The Morgan fingerprint density at radius 2 is 1.82 bits per heavy atom. The number of rotatable bonds is 6. The topological polar surface area (TPSA) is 74.3 Å². The summed E-state index contributed by atoms with van der Waals surface area (Å²) < 4.78 is 58.7. The molecule has 7 nitrogen and oxygen atoms in total. The molecule has 0 spiro atoms. The van der Waals surface area contributed by atoms with Crippen LogP contribution in [0, 0.1) is 5.82 Å². The predicted molar refractivity (Wildman–Crippen MR) is 137 cm³/mol. The Morgan fingerprint density at radius 3 is 2.51 bits per heavy atom. The van der Waals surface area contributed by atoms with Gasteiger partial charge in [0.1, 0.15) is 12.1 Å². The van der Waals surface area contributed by atoms with Crippen LogP contribution in [0.2, 0.25) is 0 Å². The average Bonchev–Trinajstić information content (AvgIpc) is 3.50. The molecule has 0 unspecified atom stereocenters. The first-order chi connectivity index (χ1) is 18.7. The number of aryl methyl sites for hydroxylation is 1. The second-order valence-electron chi connectivity index (χ2n) is 9.37. The van der Waals surface area contributed by atoms with E-state index in [2.05, 4.69) is 20.3 Å². The van der Waals surface area contributed by atoms with Crippen molar-refractivity contribution in [3.8, 4) is 39.6 Å². The smallest absolute Gasteiger partial charge is 0.317 e. The lowest BCUT2D eigenvalue weighted by Gasteiger charge is -2.13. The van der Waals surface area contributed by atoms with E-state index in [0.29, 0.717) is 28.5 Å². The van der Waals surface area contributed by atoms with Gasteiger partial charge in [-0.2, -0.15) is 18.3 Å². The highest BCUT2D eigenvalue weighted by atomic mass is 35.5. The third-order valence-electron chi connectivity index (χ3n) is 6.56. The molecule has 0 radical (unpaired) electrons. The van der Waals surface area contributed by atoms with Crippen LogP contribution in [0.3, 0.4) is 0 Å². The zero-order valence-corrected chi connectivity index (χ0v) is 21.2. The van der Waals surface area contributed by atoms with Crippen LogP contribution < -0.4 is 0 Å². The van der Waals surface area contributed by atoms with Crippen molar-refractivity contribution < 1.29 is 17.6 Å². The van der Waals surface area contributed by atoms with Crippen LogP contribution >= 0.6 is 11.6 Å². The van der Waals surface area contributed by atoms with Crippen molar-refractivity contribution >= 4 is 11.6 Å². The molecule has 39 heavy (non-hydrogen) atoms. The summed E-state index contributed by atoms with van der Waals surface area (Å²) in [5.74, 6) is 0.714. The van der Waals surface area contributed by atoms with E-state index in [1.54, 1.807) is 23.7 Å². The Kier molecular flexibility index (Phi) is 6.17. The number of pyridine rings is 2. The van der Waals surface area contributed by atoms with Crippen molar-refractivity contribution in [2.75, 3.05) is 0 Å². The number of nitrogens with zero attached hydrogens (tertiary/aromatic N) is 7. The number of hydrogen-bond acceptors (Lipinski definition) is 5. The summed E-state index contributed by atoms with van der Waals surface area (Å²) in [6.45, 7) is 0. The van der Waals surface area contributed by atoms with E-state index < -0.39 is 17.6 Å². The van der Waals surface area contributed by atoms with Crippen LogP contribution in [0.4, 0.5) is 17.6 Å². The van der Waals surface area contributed by atoms with E-state index >= 15 is 0 Å². The second-order valence-corrected chi connectivity index (χ2v) is 9.64. The van der Waals surface area contributed by atoms with Gasteiger partial charge >= 0.3 is 6.18 Å². The SMILES string of the molecule is Cn1cnnc1-c1cc(F)ccc1-c1cc(C2CC2)nc(-n2cc(-c3nc(CCl)ccc3C(F)(F)F)cn2)c1. The Morgan fingerprint density at radius 1 is 1.00 bits per heavy atom. The van der Waals surface area contributed by atoms with Crippen LogP contribution in [-0.4, -0.2) is 34.5 Å². The van der Waals surface area contributed by atoms with Gasteiger partial charge in [0.05, 0.1) is 29.0 Å². The van der Waals surface area contributed by atoms with Gasteiger partial charge in [-0.25, -0.2) is 14.1 Å². The maximum atomic E-state index is 14.3. The van der Waals surface area contributed by atoms with E-state index in [1.165, 1.54) is 41.6 Å². The van der Waals surface area contributed by atoms with E-state index in [0.717, 1.165) is 30.2 Å². The molecule has 1 aliphatic carbocycles. The normalized spacial score (nSPS) is 13.7. The summed E-state index contributed by atoms with van der Waals surface area (Å²) in [6, 6.07) is 10.4. The van der Waals surface area contributed by atoms with Gasteiger partial charge in [-0.15, -0.1) is 21.8 Å². The second kappa shape index (κ2) is 9.57. The lowest BCUT2D eigenvalue weighted by Crippen LogP contribution is -2.09. The van der Waals surface area contributed by atoms with Gasteiger partial charge < -0.3 is 4.57 Å². The van der Waals surface area contributed by atoms with E-state index in [9.17, 15) is 17.6 Å². The van der Waals surface area contributed by atoms with Crippen LogP contribution in [0.1, 0.15) is 35.7 Å². The monoisotopic (exact) mass is 553 g/mol. The number of hydrogen-bond donors (Lipinski definition) is 0. The fourth-order valence-corrected chi connectivity index (χ4v) is 4.62. The number of benzene rings is 1. The fraction of sp³-hybridized carbons (Fsp3) is 0.222. The Balaban J connectivity index is 1.48. The van der Waals surface area contributed by atoms with Crippen molar-refractivity contribution in [2.45, 2.75) is 30.8 Å². The Labute approximate surface area is 225 Å². The van der Waals surface area contributed by atoms with Crippen LogP contribution in [0.25, 0.3) is 39.6 Å². The molecular formula is C27H20ClF4N7. The van der Waals surface area contributed by atoms with Crippen LogP contribution in [0.15, 0.2) is 61.2 Å². The van der Waals surface area contributed by atoms with Gasteiger partial charge in [-0.1, -0.05) is 6.07 Å². The first kappa shape index (κ1) is 25.2. The van der Waals surface area contributed by atoms with Crippen LogP contribution in [-0.2, 0) is 19.1 Å². The Bertz CT molecular complexity index is 1690. The number of alkyl halides is 4. The van der Waals surface area contributed by atoms with Gasteiger partial charge in [0.15, 0.2) is 11.6 Å². The molecule has 4 heterocycles. The predicted octanol–water partition coefficient (Wildman–Crippen LogP) is 6.57. The largest absolute Gasteiger partial charge is 0.418 e. The van der Waals surface area contributed by atoms with Crippen molar-refractivity contribution in [2.24, 2.45) is 7.05 Å². The molecule has 198 valence electrons. The van der Waals surface area contributed by atoms with Gasteiger partial charge in [0, 0.05) is 36.0 Å². The summed E-state index contributed by atoms with van der Waals surface area (Å²) in [5, 5.41) is 12.4.